The fraction of sp³-hybridized carbons (Fsp3) is 0.357. The molecule has 0 heterocycles. The Labute approximate surface area is 108 Å². The van der Waals surface area contributed by atoms with Gasteiger partial charge in [-0.05, 0) is 24.3 Å². The summed E-state index contributed by atoms with van der Waals surface area (Å²) in [6, 6.07) is 7.15. The number of nitrogens with one attached hydrogen (secondary N) is 1. The van der Waals surface area contributed by atoms with Crippen molar-refractivity contribution in [3.8, 4) is 17.6 Å². The third-order valence-corrected chi connectivity index (χ3v) is 2.35. The van der Waals surface area contributed by atoms with Crippen LogP contribution in [0.2, 0.25) is 0 Å². The lowest BCUT2D eigenvalue weighted by atomic mass is 10.2. The van der Waals surface area contributed by atoms with Crippen molar-refractivity contribution in [2.24, 2.45) is 0 Å². The Kier molecular flexibility index (Phi) is 5.75. The standard InChI is InChI=1S/C14H18N2O2/c1-4-16-9-11(2)10-18-13-6-5-12(8-15)7-14(13)17-3/h5-7,16H,2,4,9-10H2,1,3H3. The minimum atomic E-state index is 0.426. The molecule has 1 N–H and O–H groups in total. The van der Waals surface area contributed by atoms with Crippen molar-refractivity contribution in [2.75, 3.05) is 26.8 Å². The monoisotopic (exact) mass is 246 g/mol. The summed E-state index contributed by atoms with van der Waals surface area (Å²) in [5.74, 6) is 1.18. The molecule has 1 rings (SSSR count). The highest BCUT2D eigenvalue weighted by Gasteiger charge is 2.06. The molecular weight excluding hydrogens is 228 g/mol. The zero-order valence-electron chi connectivity index (χ0n) is 10.8. The van der Waals surface area contributed by atoms with Crippen molar-refractivity contribution in [3.05, 3.63) is 35.9 Å². The van der Waals surface area contributed by atoms with Crippen LogP contribution in [0, 0.1) is 11.3 Å². The average Bonchev–Trinajstić information content (AvgIpc) is 2.42. The van der Waals surface area contributed by atoms with E-state index in [4.69, 9.17) is 14.7 Å². The maximum atomic E-state index is 8.79. The third kappa shape index (κ3) is 4.11. The van der Waals surface area contributed by atoms with Crippen LogP contribution >= 0.6 is 0 Å². The van der Waals surface area contributed by atoms with Gasteiger partial charge in [0.15, 0.2) is 11.5 Å². The molecule has 0 spiro atoms. The van der Waals surface area contributed by atoms with Crippen molar-refractivity contribution in [3.63, 3.8) is 0 Å². The van der Waals surface area contributed by atoms with Crippen LogP contribution in [0.3, 0.4) is 0 Å². The van der Waals surface area contributed by atoms with E-state index in [0.717, 1.165) is 18.7 Å². The number of ether oxygens (including phenoxy) is 2. The fourth-order valence-corrected chi connectivity index (χ4v) is 1.39. The molecule has 18 heavy (non-hydrogen) atoms. The second-order valence-corrected chi connectivity index (χ2v) is 3.80. The van der Waals surface area contributed by atoms with Crippen molar-refractivity contribution in [1.82, 2.24) is 5.32 Å². The molecule has 1 aromatic carbocycles. The average molecular weight is 246 g/mol. The highest BCUT2D eigenvalue weighted by Crippen LogP contribution is 2.27. The smallest absolute Gasteiger partial charge is 0.162 e. The normalized spacial score (nSPS) is 9.61. The maximum Gasteiger partial charge on any atom is 0.162 e. The Morgan fingerprint density at radius 1 is 1.44 bits per heavy atom. The largest absolute Gasteiger partial charge is 0.493 e. The number of rotatable bonds is 7. The van der Waals surface area contributed by atoms with E-state index in [-0.39, 0.29) is 0 Å². The molecule has 0 amide bonds. The molecule has 1 aromatic rings. The van der Waals surface area contributed by atoms with E-state index in [1.54, 1.807) is 25.3 Å². The molecule has 0 radical (unpaired) electrons. The van der Waals surface area contributed by atoms with Crippen LogP contribution < -0.4 is 14.8 Å². The Balaban J connectivity index is 2.62. The van der Waals surface area contributed by atoms with Crippen molar-refractivity contribution in [1.29, 1.82) is 5.26 Å². The van der Waals surface area contributed by atoms with Crippen LogP contribution in [0.15, 0.2) is 30.4 Å². The summed E-state index contributed by atoms with van der Waals surface area (Å²) in [6.45, 7) is 8.01. The molecule has 0 aliphatic carbocycles. The van der Waals surface area contributed by atoms with E-state index < -0.39 is 0 Å². The van der Waals surface area contributed by atoms with Gasteiger partial charge in [0.05, 0.1) is 18.7 Å². The number of hydrogen-bond acceptors (Lipinski definition) is 4. The zero-order valence-corrected chi connectivity index (χ0v) is 10.8. The van der Waals surface area contributed by atoms with Crippen LogP contribution in [0.4, 0.5) is 0 Å². The highest BCUT2D eigenvalue weighted by atomic mass is 16.5. The topological polar surface area (TPSA) is 54.3 Å². The number of hydrogen-bond donors (Lipinski definition) is 1. The van der Waals surface area contributed by atoms with Crippen molar-refractivity contribution in [2.45, 2.75) is 6.92 Å². The predicted molar refractivity (Wildman–Crippen MR) is 70.9 cm³/mol. The molecule has 0 fully saturated rings. The quantitative estimate of drug-likeness (QED) is 0.749. The molecule has 0 saturated heterocycles. The van der Waals surface area contributed by atoms with Crippen LogP contribution in [0.5, 0.6) is 11.5 Å². The molecular formula is C14H18N2O2. The molecule has 0 saturated carbocycles. The maximum absolute atomic E-state index is 8.79. The second kappa shape index (κ2) is 7.36. The van der Waals surface area contributed by atoms with E-state index in [2.05, 4.69) is 18.0 Å². The molecule has 96 valence electrons. The van der Waals surface area contributed by atoms with E-state index in [1.165, 1.54) is 0 Å². The number of likely N-dealkylation sites (N-methyl/N-ethyl adjacent to an activating group) is 1. The van der Waals surface area contributed by atoms with Crippen LogP contribution in [0.1, 0.15) is 12.5 Å². The SMILES string of the molecule is C=C(CNCC)COc1ccc(C#N)cc1OC. The van der Waals surface area contributed by atoms with Gasteiger partial charge in [0.2, 0.25) is 0 Å². The molecule has 0 atom stereocenters. The molecule has 4 heteroatoms. The molecule has 4 nitrogen and oxygen atoms in total. The van der Waals surface area contributed by atoms with Gasteiger partial charge in [0.1, 0.15) is 6.61 Å². The summed E-state index contributed by atoms with van der Waals surface area (Å²) >= 11 is 0. The Morgan fingerprint density at radius 2 is 2.22 bits per heavy atom. The fourth-order valence-electron chi connectivity index (χ4n) is 1.39. The lowest BCUT2D eigenvalue weighted by Crippen LogP contribution is -2.18. The summed E-state index contributed by atoms with van der Waals surface area (Å²) in [7, 11) is 1.55. The zero-order chi connectivity index (χ0) is 13.4. The van der Waals surface area contributed by atoms with E-state index >= 15 is 0 Å². The Hall–Kier alpha value is -1.99. The number of benzene rings is 1. The van der Waals surface area contributed by atoms with Crippen LogP contribution in [0.25, 0.3) is 0 Å². The molecule has 0 bridgehead atoms. The summed E-state index contributed by atoms with van der Waals surface area (Å²) in [6.07, 6.45) is 0. The van der Waals surface area contributed by atoms with Gasteiger partial charge in [0.25, 0.3) is 0 Å². The second-order valence-electron chi connectivity index (χ2n) is 3.80. The summed E-state index contributed by atoms with van der Waals surface area (Å²) in [5.41, 5.74) is 1.51. The molecule has 0 aliphatic rings. The summed E-state index contributed by atoms with van der Waals surface area (Å²) in [5, 5.41) is 12.0. The minimum absolute atomic E-state index is 0.426. The molecule has 0 aromatic heterocycles. The number of nitrogens with zero attached hydrogens (tertiary/aromatic N) is 1. The first-order valence-corrected chi connectivity index (χ1v) is 5.79. The van der Waals surface area contributed by atoms with Crippen molar-refractivity contribution < 1.29 is 9.47 Å². The summed E-state index contributed by atoms with van der Waals surface area (Å²) < 4.78 is 10.8. The lowest BCUT2D eigenvalue weighted by molar-refractivity contribution is 0.317. The predicted octanol–water partition coefficient (Wildman–Crippen LogP) is 2.11. The van der Waals surface area contributed by atoms with E-state index in [0.29, 0.717) is 23.7 Å². The van der Waals surface area contributed by atoms with Gasteiger partial charge in [-0.25, -0.2) is 0 Å². The first kappa shape index (κ1) is 14.1. The third-order valence-electron chi connectivity index (χ3n) is 2.35. The van der Waals surface area contributed by atoms with Gasteiger partial charge >= 0.3 is 0 Å². The number of nitriles is 1. The van der Waals surface area contributed by atoms with E-state index in [9.17, 15) is 0 Å². The first-order valence-electron chi connectivity index (χ1n) is 5.79. The molecule has 0 unspecified atom stereocenters. The van der Waals surface area contributed by atoms with Gasteiger partial charge in [-0.2, -0.15) is 5.26 Å². The minimum Gasteiger partial charge on any atom is -0.493 e. The Bertz CT molecular complexity index is 450. The van der Waals surface area contributed by atoms with Crippen LogP contribution in [-0.4, -0.2) is 26.8 Å². The first-order chi connectivity index (χ1) is 8.71. The lowest BCUT2D eigenvalue weighted by Gasteiger charge is -2.12. The van der Waals surface area contributed by atoms with Gasteiger partial charge in [-0.1, -0.05) is 13.5 Å². The van der Waals surface area contributed by atoms with Gasteiger partial charge in [-0.15, -0.1) is 0 Å². The van der Waals surface area contributed by atoms with Crippen LogP contribution in [-0.2, 0) is 0 Å². The molecule has 0 aliphatic heterocycles. The van der Waals surface area contributed by atoms with Gasteiger partial charge < -0.3 is 14.8 Å². The van der Waals surface area contributed by atoms with E-state index in [1.807, 2.05) is 6.92 Å². The van der Waals surface area contributed by atoms with Gasteiger partial charge in [0, 0.05) is 12.6 Å². The van der Waals surface area contributed by atoms with Crippen molar-refractivity contribution >= 4 is 0 Å². The highest BCUT2D eigenvalue weighted by molar-refractivity contribution is 5.46. The number of methoxy groups -OCH3 is 1. The summed E-state index contributed by atoms with van der Waals surface area (Å²) in [4.78, 5) is 0. The Morgan fingerprint density at radius 3 is 2.83 bits per heavy atom. The van der Waals surface area contributed by atoms with Gasteiger partial charge in [-0.3, -0.25) is 0 Å².